The van der Waals surface area contributed by atoms with Crippen molar-refractivity contribution < 1.29 is 41.6 Å². The third-order valence-electron chi connectivity index (χ3n) is 5.67. The fraction of sp³-hybridized carbons (Fsp3) is 0.381. The smallest absolute Gasteiger partial charge is 0.433 e. The molecule has 0 radical (unpaired) electrons. The number of hydrazine groups is 1. The molecular formula is C21H21F3N6O7. The van der Waals surface area contributed by atoms with Crippen molar-refractivity contribution in [1.82, 2.24) is 15.8 Å². The molecule has 3 amide bonds. The Morgan fingerprint density at radius 2 is 2.00 bits per heavy atom. The lowest BCUT2D eigenvalue weighted by atomic mass is 10.2. The van der Waals surface area contributed by atoms with Crippen LogP contribution in [0.25, 0.3) is 0 Å². The fourth-order valence-corrected chi connectivity index (χ4v) is 3.87. The van der Waals surface area contributed by atoms with Crippen molar-refractivity contribution in [2.45, 2.75) is 12.5 Å². The molecule has 2 N–H and O–H groups in total. The average Bonchev–Trinajstić information content (AvgIpc) is 3.42. The third kappa shape index (κ3) is 5.74. The zero-order chi connectivity index (χ0) is 26.7. The summed E-state index contributed by atoms with van der Waals surface area (Å²) in [7, 11) is 0. The Morgan fingerprint density at radius 1 is 1.22 bits per heavy atom. The van der Waals surface area contributed by atoms with E-state index in [4.69, 9.17) is 9.15 Å². The van der Waals surface area contributed by atoms with Gasteiger partial charge in [0.2, 0.25) is 5.76 Å². The highest BCUT2D eigenvalue weighted by molar-refractivity contribution is 5.91. The van der Waals surface area contributed by atoms with E-state index in [1.54, 1.807) is 4.90 Å². The third-order valence-corrected chi connectivity index (χ3v) is 5.67. The number of nitrogens with zero attached hydrogens (tertiary/aromatic N) is 4. The molecule has 2 aromatic rings. The topological polar surface area (TPSA) is 151 Å². The molecule has 0 aliphatic carbocycles. The summed E-state index contributed by atoms with van der Waals surface area (Å²) < 4.78 is 49.7. The first-order chi connectivity index (χ1) is 17.6. The number of alkyl halides is 2. The van der Waals surface area contributed by atoms with E-state index in [9.17, 15) is 33.3 Å². The Bertz CT molecular complexity index is 1210. The molecule has 13 nitrogen and oxygen atoms in total. The normalized spacial score (nSPS) is 18.1. The highest BCUT2D eigenvalue weighted by Crippen LogP contribution is 2.28. The second-order valence-corrected chi connectivity index (χ2v) is 8.04. The van der Waals surface area contributed by atoms with Crippen LogP contribution in [0.1, 0.15) is 10.6 Å². The SMILES string of the molecule is O=C(NC[C@H]1CN(c2ccc(N3CCNN(C(=O)c4ccc([N+](=O)[O-])o4)CC3)c(F)c2)C(=O)O1)C(F)F. The molecule has 3 heterocycles. The molecule has 2 fully saturated rings. The number of benzene rings is 1. The Kier molecular flexibility index (Phi) is 7.47. The van der Waals surface area contributed by atoms with Gasteiger partial charge in [-0.2, -0.15) is 8.78 Å². The van der Waals surface area contributed by atoms with E-state index in [0.29, 0.717) is 6.54 Å². The molecule has 0 bridgehead atoms. The van der Waals surface area contributed by atoms with E-state index in [-0.39, 0.29) is 49.9 Å². The van der Waals surface area contributed by atoms with Crippen LogP contribution in [0.5, 0.6) is 0 Å². The average molecular weight is 526 g/mol. The lowest BCUT2D eigenvalue weighted by Gasteiger charge is -2.24. The molecular weight excluding hydrogens is 505 g/mol. The molecule has 0 saturated carbocycles. The van der Waals surface area contributed by atoms with Crippen LogP contribution in [-0.4, -0.2) is 79.6 Å². The number of hydrogen-bond donors (Lipinski definition) is 2. The van der Waals surface area contributed by atoms with Crippen LogP contribution in [0, 0.1) is 15.9 Å². The Hall–Kier alpha value is -4.34. The maximum atomic E-state index is 15.0. The summed E-state index contributed by atoms with van der Waals surface area (Å²) in [5.74, 6) is -3.53. The molecule has 0 unspecified atom stereocenters. The predicted octanol–water partition coefficient (Wildman–Crippen LogP) is 1.50. The standard InChI is InChI=1S/C21H21F3N6O7/c22-14-9-12(28-11-13(36-21(28)33)10-25-19(31)18(23)24)1-2-15(14)27-6-5-26-29(8-7-27)20(32)16-3-4-17(37-16)30(34)35/h1-4,9,13,18,26H,5-8,10-11H2,(H,25,31)/t13-/m0/s1. The van der Waals surface area contributed by atoms with Gasteiger partial charge in [-0.25, -0.2) is 14.6 Å². The maximum Gasteiger partial charge on any atom is 0.433 e. The van der Waals surface area contributed by atoms with Gasteiger partial charge in [-0.05, 0) is 24.3 Å². The number of ether oxygens (including phenoxy) is 1. The Morgan fingerprint density at radius 3 is 2.68 bits per heavy atom. The maximum absolute atomic E-state index is 15.0. The molecule has 0 spiro atoms. The molecule has 2 saturated heterocycles. The lowest BCUT2D eigenvalue weighted by Crippen LogP contribution is -2.43. The molecule has 1 aromatic heterocycles. The molecule has 2 aliphatic heterocycles. The van der Waals surface area contributed by atoms with Gasteiger partial charge in [-0.15, -0.1) is 0 Å². The number of rotatable bonds is 7. The van der Waals surface area contributed by atoms with Crippen molar-refractivity contribution in [2.24, 2.45) is 0 Å². The summed E-state index contributed by atoms with van der Waals surface area (Å²) >= 11 is 0. The van der Waals surface area contributed by atoms with Gasteiger partial charge in [-0.3, -0.25) is 29.6 Å². The van der Waals surface area contributed by atoms with Crippen molar-refractivity contribution in [1.29, 1.82) is 0 Å². The number of anilines is 2. The molecule has 16 heteroatoms. The first-order valence-electron chi connectivity index (χ1n) is 11.0. The molecule has 1 aromatic carbocycles. The quantitative estimate of drug-likeness (QED) is 0.404. The van der Waals surface area contributed by atoms with E-state index in [0.717, 1.165) is 17.0 Å². The van der Waals surface area contributed by atoms with Crippen LogP contribution < -0.4 is 20.5 Å². The van der Waals surface area contributed by atoms with Crippen molar-refractivity contribution >= 4 is 35.2 Å². The van der Waals surface area contributed by atoms with Gasteiger partial charge in [0, 0.05) is 19.6 Å². The minimum atomic E-state index is -3.19. The summed E-state index contributed by atoms with van der Waals surface area (Å²) in [6.07, 6.45) is -4.88. The van der Waals surface area contributed by atoms with E-state index in [1.165, 1.54) is 23.2 Å². The second-order valence-electron chi connectivity index (χ2n) is 8.04. The Labute approximate surface area is 206 Å². The van der Waals surface area contributed by atoms with Crippen molar-refractivity contribution in [3.05, 3.63) is 52.0 Å². The molecule has 1 atom stereocenters. The number of cyclic esters (lactones) is 1. The zero-order valence-corrected chi connectivity index (χ0v) is 19.1. The number of nitrogens with one attached hydrogen (secondary N) is 2. The number of furan rings is 1. The van der Waals surface area contributed by atoms with E-state index in [2.05, 4.69) is 5.43 Å². The number of carbonyl (C=O) groups excluding carboxylic acids is 3. The number of hydrogen-bond acceptors (Lipinski definition) is 9. The Balaban J connectivity index is 1.37. The summed E-state index contributed by atoms with van der Waals surface area (Å²) in [6.45, 7) is 0.509. The van der Waals surface area contributed by atoms with Crippen LogP contribution >= 0.6 is 0 Å². The van der Waals surface area contributed by atoms with Gasteiger partial charge in [0.05, 0.1) is 37.1 Å². The highest BCUT2D eigenvalue weighted by atomic mass is 19.3. The monoisotopic (exact) mass is 526 g/mol. The van der Waals surface area contributed by atoms with Crippen molar-refractivity contribution in [3.63, 3.8) is 0 Å². The summed E-state index contributed by atoms with van der Waals surface area (Å²) in [6, 6.07) is 6.34. The first-order valence-corrected chi connectivity index (χ1v) is 11.0. The number of nitro groups is 1. The van der Waals surface area contributed by atoms with Gasteiger partial charge in [-0.1, -0.05) is 0 Å². The van der Waals surface area contributed by atoms with Crippen LogP contribution in [-0.2, 0) is 9.53 Å². The molecule has 2 aliphatic rings. The predicted molar refractivity (Wildman–Crippen MR) is 120 cm³/mol. The van der Waals surface area contributed by atoms with Crippen LogP contribution in [0.2, 0.25) is 0 Å². The van der Waals surface area contributed by atoms with Gasteiger partial charge >= 0.3 is 24.3 Å². The molecule has 4 rings (SSSR count). The van der Waals surface area contributed by atoms with E-state index in [1.807, 2.05) is 5.32 Å². The number of carbonyl (C=O) groups is 3. The second kappa shape index (κ2) is 10.7. The minimum Gasteiger partial charge on any atom is -0.442 e. The van der Waals surface area contributed by atoms with Gasteiger partial charge in [0.15, 0.2) is 0 Å². The van der Waals surface area contributed by atoms with E-state index >= 15 is 4.39 Å². The van der Waals surface area contributed by atoms with Crippen molar-refractivity contribution in [3.8, 4) is 0 Å². The van der Waals surface area contributed by atoms with Crippen LogP contribution in [0.4, 0.5) is 35.2 Å². The summed E-state index contributed by atoms with van der Waals surface area (Å²) in [5.41, 5.74) is 3.26. The van der Waals surface area contributed by atoms with Gasteiger partial charge in [0.1, 0.15) is 16.8 Å². The fourth-order valence-electron chi connectivity index (χ4n) is 3.87. The van der Waals surface area contributed by atoms with Gasteiger partial charge < -0.3 is 19.4 Å². The summed E-state index contributed by atoms with van der Waals surface area (Å²) in [4.78, 5) is 48.6. The van der Waals surface area contributed by atoms with E-state index < -0.39 is 47.1 Å². The van der Waals surface area contributed by atoms with Crippen LogP contribution in [0.15, 0.2) is 34.7 Å². The lowest BCUT2D eigenvalue weighted by molar-refractivity contribution is -0.402. The number of amides is 3. The summed E-state index contributed by atoms with van der Waals surface area (Å²) in [5, 5.41) is 14.0. The van der Waals surface area contributed by atoms with Crippen LogP contribution in [0.3, 0.4) is 0 Å². The van der Waals surface area contributed by atoms with Crippen molar-refractivity contribution in [2.75, 3.05) is 49.1 Å². The zero-order valence-electron chi connectivity index (χ0n) is 19.1. The first kappa shape index (κ1) is 25.7. The minimum absolute atomic E-state index is 0.0726. The molecule has 37 heavy (non-hydrogen) atoms. The molecule has 198 valence electrons. The largest absolute Gasteiger partial charge is 0.442 e. The highest BCUT2D eigenvalue weighted by Gasteiger charge is 2.34. The number of halogens is 3. The van der Waals surface area contributed by atoms with Gasteiger partial charge in [0.25, 0.3) is 5.91 Å².